The number of allylic oxidation sites excluding steroid dienone is 1. The molecule has 1 amide bonds. The zero-order chi connectivity index (χ0) is 22.3. The van der Waals surface area contributed by atoms with E-state index >= 15 is 0 Å². The van der Waals surface area contributed by atoms with Crippen LogP contribution in [0.5, 0.6) is 0 Å². The summed E-state index contributed by atoms with van der Waals surface area (Å²) in [6.07, 6.45) is 5.01. The van der Waals surface area contributed by atoms with Crippen molar-refractivity contribution in [2.45, 2.75) is 37.3 Å². The lowest BCUT2D eigenvalue weighted by atomic mass is 9.89. The van der Waals surface area contributed by atoms with Crippen LogP contribution in [0, 0.1) is 0 Å². The van der Waals surface area contributed by atoms with Gasteiger partial charge in [0.25, 0.3) is 5.91 Å². The Hall–Kier alpha value is -3.63. The molecule has 3 atom stereocenters. The molecule has 0 N–H and O–H groups in total. The third kappa shape index (κ3) is 3.47. The van der Waals surface area contributed by atoms with Crippen molar-refractivity contribution in [1.29, 1.82) is 0 Å². The summed E-state index contributed by atoms with van der Waals surface area (Å²) in [6.45, 7) is 0.467. The van der Waals surface area contributed by atoms with Gasteiger partial charge in [-0.05, 0) is 16.7 Å². The second kappa shape index (κ2) is 8.05. The molecule has 164 valence electrons. The van der Waals surface area contributed by atoms with Crippen LogP contribution in [-0.4, -0.2) is 28.7 Å². The molecule has 3 heterocycles. The molecule has 3 aliphatic heterocycles. The van der Waals surface area contributed by atoms with E-state index in [1.165, 1.54) is 0 Å². The Balaban J connectivity index is 1.49. The molecule has 1 saturated heterocycles. The van der Waals surface area contributed by atoms with E-state index in [1.807, 2.05) is 77.7 Å². The monoisotopic (exact) mass is 435 g/mol. The summed E-state index contributed by atoms with van der Waals surface area (Å²) in [5.74, 6) is 0.707. The first-order valence-corrected chi connectivity index (χ1v) is 11.4. The molecule has 1 fully saturated rings. The fourth-order valence-electron chi connectivity index (χ4n) is 5.16. The molecule has 2 bridgehead atoms. The predicted octanol–water partition coefficient (Wildman–Crippen LogP) is 5.12. The van der Waals surface area contributed by atoms with E-state index in [0.717, 1.165) is 16.7 Å². The highest BCUT2D eigenvalue weighted by atomic mass is 16.6. The number of ether oxygens (including phenoxy) is 2. The van der Waals surface area contributed by atoms with Crippen molar-refractivity contribution in [2.75, 3.05) is 0 Å². The van der Waals surface area contributed by atoms with Crippen LogP contribution >= 0.6 is 0 Å². The van der Waals surface area contributed by atoms with Crippen molar-refractivity contribution in [3.05, 3.63) is 126 Å². The summed E-state index contributed by atoms with van der Waals surface area (Å²) in [6, 6.07) is 30.1. The molecular formula is C29H25NO3. The third-order valence-corrected chi connectivity index (χ3v) is 6.71. The van der Waals surface area contributed by atoms with E-state index < -0.39 is 5.72 Å². The normalized spacial score (nSPS) is 25.7. The molecule has 6 rings (SSSR count). The number of benzene rings is 3. The number of carbonyl (C=O) groups excluding carboxylic acids is 1. The van der Waals surface area contributed by atoms with Gasteiger partial charge in [0.15, 0.2) is 0 Å². The number of hydrogen-bond acceptors (Lipinski definition) is 3. The van der Waals surface area contributed by atoms with Gasteiger partial charge in [0.1, 0.15) is 11.9 Å². The van der Waals surface area contributed by atoms with Crippen LogP contribution in [0.3, 0.4) is 0 Å². The highest BCUT2D eigenvalue weighted by Gasteiger charge is 2.60. The first-order chi connectivity index (χ1) is 16.2. The summed E-state index contributed by atoms with van der Waals surface area (Å²) in [5, 5.41) is 0. The molecule has 0 aliphatic carbocycles. The second-order valence-electron chi connectivity index (χ2n) is 8.83. The number of amides is 1. The van der Waals surface area contributed by atoms with Gasteiger partial charge in [-0.15, -0.1) is 0 Å². The highest BCUT2D eigenvalue weighted by Crippen LogP contribution is 2.49. The quantitative estimate of drug-likeness (QED) is 0.522. The van der Waals surface area contributed by atoms with E-state index in [4.69, 9.17) is 9.47 Å². The van der Waals surface area contributed by atoms with Gasteiger partial charge in [0.05, 0.1) is 11.7 Å². The average molecular weight is 436 g/mol. The standard InChI is InChI=1S/C29H25NO3/c31-28-27(23-14-8-3-9-15-23)25(18-21-10-4-1-5-11-21)33-29(19-24-16-17-26(29)32-24)30(28)20-22-12-6-2-7-13-22/h1-17,24,26H,18-20H2/t24-,26+,29+/m1/s1. The largest absolute Gasteiger partial charge is 0.468 e. The van der Waals surface area contributed by atoms with Crippen molar-refractivity contribution in [1.82, 2.24) is 4.90 Å². The Labute approximate surface area is 193 Å². The van der Waals surface area contributed by atoms with Gasteiger partial charge in [-0.25, -0.2) is 0 Å². The van der Waals surface area contributed by atoms with Gasteiger partial charge in [-0.1, -0.05) is 103 Å². The zero-order valence-corrected chi connectivity index (χ0v) is 18.3. The molecule has 0 radical (unpaired) electrons. The molecule has 0 aromatic heterocycles. The first kappa shape index (κ1) is 20.0. The molecule has 33 heavy (non-hydrogen) atoms. The summed E-state index contributed by atoms with van der Waals surface area (Å²) >= 11 is 0. The van der Waals surface area contributed by atoms with Crippen LogP contribution < -0.4 is 0 Å². The van der Waals surface area contributed by atoms with Crippen LogP contribution in [0.15, 0.2) is 109 Å². The second-order valence-corrected chi connectivity index (χ2v) is 8.83. The fraction of sp³-hybridized carbons (Fsp3) is 0.207. The average Bonchev–Trinajstić information content (AvgIpc) is 3.46. The van der Waals surface area contributed by atoms with Crippen molar-refractivity contribution in [3.8, 4) is 0 Å². The SMILES string of the molecule is O=C1C(c2ccccc2)=C(Cc2ccccc2)O[C@]2(C[C@H]3C=C[C@@H]2O3)N1Cc1ccccc1. The van der Waals surface area contributed by atoms with Gasteiger partial charge in [0, 0.05) is 19.4 Å². The topological polar surface area (TPSA) is 38.8 Å². The molecule has 1 spiro atoms. The van der Waals surface area contributed by atoms with E-state index in [-0.39, 0.29) is 18.1 Å². The molecule has 4 nitrogen and oxygen atoms in total. The number of rotatable bonds is 5. The van der Waals surface area contributed by atoms with Gasteiger partial charge < -0.3 is 9.47 Å². The van der Waals surface area contributed by atoms with Gasteiger partial charge in [-0.2, -0.15) is 0 Å². The lowest BCUT2D eigenvalue weighted by Crippen LogP contribution is -2.60. The zero-order valence-electron chi connectivity index (χ0n) is 18.3. The fourth-order valence-corrected chi connectivity index (χ4v) is 5.16. The molecule has 0 unspecified atom stereocenters. The smallest absolute Gasteiger partial charge is 0.261 e. The van der Waals surface area contributed by atoms with Crippen molar-refractivity contribution >= 4 is 11.5 Å². The Bertz CT molecular complexity index is 1220. The predicted molar refractivity (Wildman–Crippen MR) is 127 cm³/mol. The maximum atomic E-state index is 14.3. The molecule has 0 saturated carbocycles. The van der Waals surface area contributed by atoms with Gasteiger partial charge in [0.2, 0.25) is 5.72 Å². The summed E-state index contributed by atoms with van der Waals surface area (Å²) < 4.78 is 13.1. The Morgan fingerprint density at radius 2 is 1.45 bits per heavy atom. The minimum absolute atomic E-state index is 0.00761. The molecule has 3 aliphatic rings. The van der Waals surface area contributed by atoms with E-state index in [2.05, 4.69) is 30.3 Å². The van der Waals surface area contributed by atoms with Crippen LogP contribution in [0.25, 0.3) is 5.57 Å². The minimum Gasteiger partial charge on any atom is -0.468 e. The molecular weight excluding hydrogens is 410 g/mol. The first-order valence-electron chi connectivity index (χ1n) is 11.4. The van der Waals surface area contributed by atoms with Crippen molar-refractivity contribution < 1.29 is 14.3 Å². The molecule has 4 heteroatoms. The summed E-state index contributed by atoms with van der Waals surface area (Å²) in [7, 11) is 0. The van der Waals surface area contributed by atoms with Crippen LogP contribution in [-0.2, 0) is 27.2 Å². The Kier molecular flexibility index (Phi) is 4.88. The van der Waals surface area contributed by atoms with Crippen LogP contribution in [0.2, 0.25) is 0 Å². The number of fused-ring (bicyclic) bond motifs is 3. The van der Waals surface area contributed by atoms with Crippen molar-refractivity contribution in [2.24, 2.45) is 0 Å². The van der Waals surface area contributed by atoms with Crippen LogP contribution in [0.4, 0.5) is 0 Å². The Morgan fingerprint density at radius 1 is 0.818 bits per heavy atom. The van der Waals surface area contributed by atoms with Gasteiger partial charge in [-0.3, -0.25) is 9.69 Å². The third-order valence-electron chi connectivity index (χ3n) is 6.71. The van der Waals surface area contributed by atoms with Crippen molar-refractivity contribution in [3.63, 3.8) is 0 Å². The minimum atomic E-state index is -0.839. The van der Waals surface area contributed by atoms with Gasteiger partial charge >= 0.3 is 0 Å². The highest BCUT2D eigenvalue weighted by molar-refractivity contribution is 6.21. The summed E-state index contributed by atoms with van der Waals surface area (Å²) in [4.78, 5) is 16.2. The van der Waals surface area contributed by atoms with E-state index in [1.54, 1.807) is 0 Å². The lowest BCUT2D eigenvalue weighted by molar-refractivity contribution is -0.178. The molecule has 3 aromatic rings. The maximum absolute atomic E-state index is 14.3. The summed E-state index contributed by atoms with van der Waals surface area (Å²) in [5.41, 5.74) is 2.85. The number of carbonyl (C=O) groups is 1. The number of hydrogen-bond donors (Lipinski definition) is 0. The number of nitrogens with zero attached hydrogens (tertiary/aromatic N) is 1. The molecule has 3 aromatic carbocycles. The maximum Gasteiger partial charge on any atom is 0.261 e. The lowest BCUT2D eigenvalue weighted by Gasteiger charge is -2.48. The van der Waals surface area contributed by atoms with E-state index in [0.29, 0.717) is 30.7 Å². The van der Waals surface area contributed by atoms with Crippen LogP contribution in [0.1, 0.15) is 23.1 Å². The Morgan fingerprint density at radius 3 is 2.06 bits per heavy atom. The van der Waals surface area contributed by atoms with E-state index in [9.17, 15) is 4.79 Å².